The maximum Gasteiger partial charge on any atom is 0.323 e. The quantitative estimate of drug-likeness (QED) is 0.0303. The first-order valence-electron chi connectivity index (χ1n) is 69.3. The Morgan fingerprint density at radius 3 is 0.917 bits per heavy atom. The molecule has 20 atom stereocenters. The Hall–Kier alpha value is -7.16. The fourth-order valence-electron chi connectivity index (χ4n) is 12.6. The maximum atomic E-state index is 13.3. The maximum absolute atomic E-state index is 13.3. The van der Waals surface area contributed by atoms with Gasteiger partial charge in [0.25, 0.3) is 0 Å². The van der Waals surface area contributed by atoms with Gasteiger partial charge in [-0.2, -0.15) is 0 Å². The van der Waals surface area contributed by atoms with Crippen LogP contribution in [0.4, 0.5) is 0 Å². The van der Waals surface area contributed by atoms with Crippen LogP contribution in [0, 0.1) is 70.8 Å². The Morgan fingerprint density at radius 2 is 0.633 bits per heavy atom. The molecule has 24 heteroatoms. The van der Waals surface area contributed by atoms with Gasteiger partial charge in [0.15, 0.2) is 46.0 Å². The van der Waals surface area contributed by atoms with E-state index in [0.29, 0.717) is 47.3 Å². The number of hydrogen-bond acceptors (Lipinski definition) is 24. The molecule has 0 saturated carbocycles. The number of nitrogens with zero attached hydrogens (tertiary/aromatic N) is 4. The van der Waals surface area contributed by atoms with Gasteiger partial charge >= 0.3 is 23.9 Å². The van der Waals surface area contributed by atoms with Crippen LogP contribution in [0.2, 0.25) is 0 Å². The van der Waals surface area contributed by atoms with E-state index in [-0.39, 0.29) is 75.7 Å². The number of nitrogens with two attached hydrogens (primary N) is 4. The summed E-state index contributed by atoms with van der Waals surface area (Å²) < 4.78 is 601. The molecule has 0 aromatic heterocycles. The summed E-state index contributed by atoms with van der Waals surface area (Å²) >= 11 is 0. The second kappa shape index (κ2) is 43.9. The molecule has 0 amide bonds. The molecular weight excluding hydrogens is 1520 g/mol. The number of piperidine rings is 4. The Labute approximate surface area is 805 Å². The largest absolute Gasteiger partial charge is 0.493 e. The van der Waals surface area contributed by atoms with Gasteiger partial charge in [0.05, 0.1) is 81.4 Å². The molecule has 8 aliphatic rings. The minimum Gasteiger partial charge on any atom is -0.493 e. The van der Waals surface area contributed by atoms with Crippen LogP contribution in [0.3, 0.4) is 0 Å². The van der Waals surface area contributed by atoms with Crippen LogP contribution in [-0.4, -0.2) is 201 Å². The summed E-state index contributed by atoms with van der Waals surface area (Å²) in [5.41, 5.74) is 20.8. The van der Waals surface area contributed by atoms with E-state index in [1.807, 2.05) is 0 Å². The van der Waals surface area contributed by atoms with Crippen molar-refractivity contribution in [3.63, 3.8) is 0 Å². The van der Waals surface area contributed by atoms with Gasteiger partial charge < -0.3 is 79.8 Å². The number of rotatable bonds is 28. The van der Waals surface area contributed by atoms with E-state index in [1.54, 1.807) is 0 Å². The highest BCUT2D eigenvalue weighted by molar-refractivity contribution is 5.77. The second-order valence-corrected chi connectivity index (χ2v) is 29.6. The van der Waals surface area contributed by atoms with Crippen molar-refractivity contribution in [2.24, 2.45) is 93.8 Å². The summed E-state index contributed by atoms with van der Waals surface area (Å²) in [6.07, 6.45) is -45.3. The lowest BCUT2D eigenvalue weighted by Crippen LogP contribution is -2.51. The smallest absolute Gasteiger partial charge is 0.323 e. The van der Waals surface area contributed by atoms with Gasteiger partial charge in [-0.3, -0.25) is 38.8 Å². The van der Waals surface area contributed by atoms with Crippen molar-refractivity contribution >= 4 is 23.9 Å². The monoisotopic (exact) mass is 1740 g/mol. The molecule has 8 N–H and O–H groups in total. The number of carbonyl (C=O) groups excluding carboxylic acids is 4. The van der Waals surface area contributed by atoms with Crippen LogP contribution < -0.4 is 60.8 Å². The highest BCUT2D eigenvalue weighted by atomic mass is 16.6. The summed E-state index contributed by atoms with van der Waals surface area (Å²) in [4.78, 5) is 55.2. The van der Waals surface area contributed by atoms with E-state index in [9.17, 15) is 52.1 Å². The van der Waals surface area contributed by atoms with Crippen molar-refractivity contribution < 1.29 is 161 Å². The number of ether oxygens (including phenoxy) is 12. The average Bonchev–Trinajstić information content (AvgIpc) is 0.651. The van der Waals surface area contributed by atoms with Gasteiger partial charge in [0, 0.05) is 186 Å². The van der Waals surface area contributed by atoms with Gasteiger partial charge in [-0.25, -0.2) is 0 Å². The number of hydrogen-bond donors (Lipinski definition) is 4. The van der Waals surface area contributed by atoms with E-state index >= 15 is 0 Å². The number of fused-ring (bicyclic) bond motifs is 12. The molecule has 8 heterocycles. The Bertz CT molecular complexity index is 7090. The molecule has 120 heavy (non-hydrogen) atoms. The lowest BCUT2D eigenvalue weighted by Gasteiger charge is -2.47. The topological polar surface area (TPSA) is 296 Å². The molecule has 0 spiro atoms. The lowest BCUT2D eigenvalue weighted by molar-refractivity contribution is -0.161. The molecule has 672 valence electrons. The molecule has 0 aliphatic carbocycles. The van der Waals surface area contributed by atoms with Crippen molar-refractivity contribution in [1.29, 1.82) is 0 Å². The van der Waals surface area contributed by atoms with Gasteiger partial charge in [0.1, 0.15) is 48.5 Å². The third-order valence-electron chi connectivity index (χ3n) is 19.3. The van der Waals surface area contributed by atoms with Crippen LogP contribution in [0.15, 0.2) is 48.3 Å². The first kappa shape index (κ1) is 42.2. The van der Waals surface area contributed by atoms with Crippen molar-refractivity contribution in [3.8, 4) is 46.0 Å². The summed E-state index contributed by atoms with van der Waals surface area (Å²) in [6.45, 7) is -17.0. The standard InChI is InChI=1S/4C24H38N2O4/c4*1-14(2)9-17-13-26-8-7-16-10-21(28-5)22(29-6)11-18(16)19(26)12-20(17)30-24(27)23(25)15(3)4/h4*10-11,14-15,17,19-20,23H,7-9,12-13,25H2,1-6H3/t4*17?,19?,20?,23-/m0000/s1/i1D3,5D3,9D2,10D,11D,12D2,13D2,14D,17D,20D;1D3,5D3,9D2,10D,11D,12D2,13D2,14D,17D,19D;1D3,9D2,10D,11D,12D2,13D2,14D,17D,20D;1D3,9D2,10D,11D,12D2,13D2,14D,17D,19D/t4*14?,17?,19?,20?,23-. The molecule has 4 aromatic carbocycles. The molecule has 0 radical (unpaired) electrons. The normalized spacial score (nSPS) is 43.8. The van der Waals surface area contributed by atoms with Crippen LogP contribution in [-0.2, 0) is 63.8 Å². The number of carbonyl (C=O) groups is 4. The molecule has 4 fully saturated rings. The molecule has 0 bridgehead atoms. The van der Waals surface area contributed by atoms with Gasteiger partial charge in [-0.1, -0.05) is 110 Å². The summed E-state index contributed by atoms with van der Waals surface area (Å²) in [5.74, 6) is -41.5. The van der Waals surface area contributed by atoms with E-state index in [1.165, 1.54) is 69.6 Å². The molecule has 4 saturated heterocycles. The van der Waals surface area contributed by atoms with Crippen LogP contribution >= 0.6 is 0 Å². The van der Waals surface area contributed by atoms with Crippen molar-refractivity contribution in [2.45, 2.75) is 260 Å². The van der Waals surface area contributed by atoms with Crippen LogP contribution in [0.1, 0.15) is 315 Å². The van der Waals surface area contributed by atoms with Crippen molar-refractivity contribution in [3.05, 3.63) is 92.8 Å². The molecule has 8 aliphatic heterocycles. The third-order valence-corrected chi connectivity index (χ3v) is 19.3. The molecule has 24 nitrogen and oxygen atoms in total. The average molecular weight is 1740 g/mol. The van der Waals surface area contributed by atoms with Crippen molar-refractivity contribution in [1.82, 2.24) is 19.6 Å². The minimum absolute atomic E-state index is 0.0226. The summed E-state index contributed by atoms with van der Waals surface area (Å²) in [5, 5.41) is 0. The molecule has 16 unspecified atom stereocenters. The van der Waals surface area contributed by atoms with Gasteiger partial charge in [-0.05, 0) is 191 Å². The lowest BCUT2D eigenvalue weighted by atomic mass is 9.79. The molecule has 12 rings (SSSR count). The highest BCUT2D eigenvalue weighted by Crippen LogP contribution is 2.50. The Morgan fingerprint density at radius 1 is 0.383 bits per heavy atom. The first-order chi connectivity index (χ1) is 81.0. The zero-order chi connectivity index (χ0) is 143. The first-order valence-corrected chi connectivity index (χ1v) is 38.3. The fraction of sp³-hybridized carbons (Fsp3) is 0.708. The van der Waals surface area contributed by atoms with E-state index in [0.717, 1.165) is 28.4 Å². The summed E-state index contributed by atoms with van der Waals surface area (Å²) in [7, 11) is 0.438. The van der Waals surface area contributed by atoms with Crippen LogP contribution in [0.5, 0.6) is 46.0 Å². The minimum atomic E-state index is -4.07. The van der Waals surface area contributed by atoms with E-state index in [2.05, 4.69) is 0 Å². The third kappa shape index (κ3) is 23.8. The Balaban J connectivity index is 0.000000265. The van der Waals surface area contributed by atoms with Crippen molar-refractivity contribution in [2.75, 3.05) is 109 Å². The Kier molecular flexibility index (Phi) is 15.5. The molecular formula is C96H152N8O16. The predicted octanol–water partition coefficient (Wildman–Crippen LogP) is 14.3. The SMILES string of the molecule is [2H]c1c2c(c([2H])c(OC)c1OC([2H])([2H])[2H])C1([2H])N(CC2)C([2H])([2H])C([2H])(C([2H])([2H])C([2H])(C)C([2H])([2H])[2H])C(OC(=O)[C@@H](N)C(C)C)C1([2H])[2H].[2H]c1c2c(c([2H])c(OC)c1OC([2H])([2H])[2H])C1N(CC2)C([2H])([2H])C([2H])(C([2H])([2H])C([2H])(C)C([2H])([2H])[2H])C([2H])(OC(=O)[C@@H](N)C(C)C)C1([2H])[2H].[2H]c1c2c(c([2H])c(OC)c1OC)C1([2H])N(CC2)C([2H])([2H])C([2H])(C([2H])([2H])C([2H])(C)C([2H])([2H])[2H])C(OC(=O)[C@@H](N)C(C)C)C1([2H])[2H].[2H]c1c2c(c([2H])c(OC)c1OC)C1N(CC2)C([2H])([2H])C([2H])(C([2H])([2H])C([2H])(C)C([2H])([2H])[2H])C([2H])(OC(=O)[C@@H](N)C(C)C)C1([2H])[2H]. The number of benzene rings is 4. The second-order valence-electron chi connectivity index (χ2n) is 29.6. The number of esters is 4. The molecule has 4 aromatic rings. The zero-order valence-electron chi connectivity index (χ0n) is 132. The summed E-state index contributed by atoms with van der Waals surface area (Å²) in [6, 6.07) is -21.9. The predicted molar refractivity (Wildman–Crippen MR) is 471 cm³/mol. The fourth-order valence-corrected chi connectivity index (χ4v) is 12.6. The zero-order valence-corrected chi connectivity index (χ0v) is 70.2. The van der Waals surface area contributed by atoms with E-state index < -0.39 is 401 Å². The number of methoxy groups -OCH3 is 8. The highest BCUT2D eigenvalue weighted by Gasteiger charge is 2.47. The van der Waals surface area contributed by atoms with E-state index in [4.69, 9.17) is 132 Å². The van der Waals surface area contributed by atoms with Crippen LogP contribution in [0.25, 0.3) is 0 Å². The van der Waals surface area contributed by atoms with Gasteiger partial charge in [0.2, 0.25) is 0 Å². The van der Waals surface area contributed by atoms with Gasteiger partial charge in [-0.15, -0.1) is 0 Å².